The highest BCUT2D eigenvalue weighted by Gasteiger charge is 2.34. The van der Waals surface area contributed by atoms with Gasteiger partial charge in [-0.15, -0.1) is 12.4 Å². The molecule has 1 aromatic carbocycles. The van der Waals surface area contributed by atoms with Gasteiger partial charge in [0.2, 0.25) is 0 Å². The third-order valence-electron chi connectivity index (χ3n) is 4.36. The predicted octanol–water partition coefficient (Wildman–Crippen LogP) is 4.50. The second-order valence-corrected chi connectivity index (χ2v) is 6.66. The minimum atomic E-state index is -4.75. The first kappa shape index (κ1) is 26.1. The number of aryl methyl sites for hydroxylation is 1. The van der Waals surface area contributed by atoms with E-state index in [9.17, 15) is 22.8 Å². The maximum atomic E-state index is 13.1. The number of benzene rings is 1. The molecule has 0 bridgehead atoms. The van der Waals surface area contributed by atoms with Crippen LogP contribution in [0.5, 0.6) is 5.75 Å². The molecule has 0 saturated carbocycles. The SMILES string of the molecule is CCOc1cc(-c2ncc(NC(=O)Nc3ccc(C#N)c(C(F)(F)F)c3)c(C)n2)c[nH]c1=O.Cl. The van der Waals surface area contributed by atoms with E-state index in [0.717, 1.165) is 6.07 Å². The molecule has 0 fully saturated rings. The summed E-state index contributed by atoms with van der Waals surface area (Å²) in [6, 6.07) is 4.97. The number of pyridine rings is 1. The minimum Gasteiger partial charge on any atom is -0.488 e. The summed E-state index contributed by atoms with van der Waals surface area (Å²) in [7, 11) is 0. The van der Waals surface area contributed by atoms with E-state index < -0.39 is 28.9 Å². The molecule has 9 nitrogen and oxygen atoms in total. The van der Waals surface area contributed by atoms with Gasteiger partial charge in [0.05, 0.1) is 41.4 Å². The molecular formula is C21H18ClF3N6O3. The Morgan fingerprint density at radius 3 is 2.62 bits per heavy atom. The maximum absolute atomic E-state index is 13.1. The van der Waals surface area contributed by atoms with Crippen LogP contribution in [0.25, 0.3) is 11.4 Å². The number of carbonyl (C=O) groups excluding carboxylic acids is 1. The first-order chi connectivity index (χ1) is 15.6. The lowest BCUT2D eigenvalue weighted by Crippen LogP contribution is -2.21. The van der Waals surface area contributed by atoms with Crippen LogP contribution in [-0.4, -0.2) is 27.6 Å². The van der Waals surface area contributed by atoms with E-state index in [-0.39, 0.29) is 35.4 Å². The molecular weight excluding hydrogens is 477 g/mol. The van der Waals surface area contributed by atoms with Crippen molar-refractivity contribution >= 4 is 29.8 Å². The van der Waals surface area contributed by atoms with Gasteiger partial charge in [-0.3, -0.25) is 4.79 Å². The number of H-pyrrole nitrogens is 1. The molecule has 3 N–H and O–H groups in total. The third-order valence-corrected chi connectivity index (χ3v) is 4.36. The molecule has 0 aliphatic rings. The monoisotopic (exact) mass is 494 g/mol. The highest BCUT2D eigenvalue weighted by Crippen LogP contribution is 2.33. The Morgan fingerprint density at radius 1 is 1.26 bits per heavy atom. The van der Waals surface area contributed by atoms with Gasteiger partial charge >= 0.3 is 12.2 Å². The first-order valence-corrected chi connectivity index (χ1v) is 9.51. The molecule has 0 saturated heterocycles. The van der Waals surface area contributed by atoms with Crippen LogP contribution in [0, 0.1) is 18.3 Å². The summed E-state index contributed by atoms with van der Waals surface area (Å²) < 4.78 is 44.5. The summed E-state index contributed by atoms with van der Waals surface area (Å²) in [5, 5.41) is 13.6. The number of nitriles is 1. The summed E-state index contributed by atoms with van der Waals surface area (Å²) in [4.78, 5) is 35.0. The molecule has 0 atom stereocenters. The fraction of sp³-hybridized carbons (Fsp3) is 0.190. The molecule has 2 aromatic heterocycles. The van der Waals surface area contributed by atoms with Crippen LogP contribution in [0.2, 0.25) is 0 Å². The molecule has 2 amide bonds. The van der Waals surface area contributed by atoms with Gasteiger partial charge in [-0.25, -0.2) is 14.8 Å². The number of hydrogen-bond acceptors (Lipinski definition) is 6. The van der Waals surface area contributed by atoms with Gasteiger partial charge in [0.25, 0.3) is 5.56 Å². The second-order valence-electron chi connectivity index (χ2n) is 6.66. The van der Waals surface area contributed by atoms with Crippen molar-refractivity contribution in [3.63, 3.8) is 0 Å². The molecule has 2 heterocycles. The maximum Gasteiger partial charge on any atom is 0.417 e. The number of anilines is 2. The van der Waals surface area contributed by atoms with E-state index in [1.807, 2.05) is 0 Å². The predicted molar refractivity (Wildman–Crippen MR) is 120 cm³/mol. The molecule has 0 aliphatic carbocycles. The largest absolute Gasteiger partial charge is 0.488 e. The van der Waals surface area contributed by atoms with Crippen LogP contribution < -0.4 is 20.9 Å². The Morgan fingerprint density at radius 2 is 2.00 bits per heavy atom. The smallest absolute Gasteiger partial charge is 0.417 e. The van der Waals surface area contributed by atoms with Gasteiger partial charge in [0.15, 0.2) is 11.6 Å². The summed E-state index contributed by atoms with van der Waals surface area (Å²) in [5.41, 5.74) is -1.18. The zero-order valence-corrected chi connectivity index (χ0v) is 18.6. The highest BCUT2D eigenvalue weighted by atomic mass is 35.5. The van der Waals surface area contributed by atoms with Gasteiger partial charge in [-0.1, -0.05) is 0 Å². The number of carbonyl (C=O) groups is 1. The van der Waals surface area contributed by atoms with Crippen molar-refractivity contribution in [2.75, 3.05) is 17.2 Å². The number of rotatable bonds is 5. The lowest BCUT2D eigenvalue weighted by atomic mass is 10.1. The highest BCUT2D eigenvalue weighted by molar-refractivity contribution is 6.00. The van der Waals surface area contributed by atoms with Gasteiger partial charge in [0, 0.05) is 17.4 Å². The van der Waals surface area contributed by atoms with Gasteiger partial charge in [-0.2, -0.15) is 18.4 Å². The molecule has 0 unspecified atom stereocenters. The average Bonchev–Trinajstić information content (AvgIpc) is 2.76. The molecule has 0 radical (unpaired) electrons. The molecule has 0 aliphatic heterocycles. The summed E-state index contributed by atoms with van der Waals surface area (Å²) in [6.07, 6.45) is -2.01. The lowest BCUT2D eigenvalue weighted by Gasteiger charge is -2.13. The number of alkyl halides is 3. The number of nitrogens with zero attached hydrogens (tertiary/aromatic N) is 3. The zero-order chi connectivity index (χ0) is 24.2. The van der Waals surface area contributed by atoms with Crippen LogP contribution >= 0.6 is 12.4 Å². The third kappa shape index (κ3) is 6.02. The second kappa shape index (κ2) is 10.7. The quantitative estimate of drug-likeness (QED) is 0.478. The molecule has 13 heteroatoms. The lowest BCUT2D eigenvalue weighted by molar-refractivity contribution is -0.137. The van der Waals surface area contributed by atoms with Crippen molar-refractivity contribution < 1.29 is 22.7 Å². The Balaban J connectivity index is 0.00000408. The fourth-order valence-electron chi connectivity index (χ4n) is 2.82. The summed E-state index contributed by atoms with van der Waals surface area (Å²) >= 11 is 0. The molecule has 178 valence electrons. The van der Waals surface area contributed by atoms with Crippen LogP contribution in [0.15, 0.2) is 41.5 Å². The number of urea groups is 1. The van der Waals surface area contributed by atoms with E-state index in [0.29, 0.717) is 23.9 Å². The summed E-state index contributed by atoms with van der Waals surface area (Å²) in [5.74, 6) is 0.371. The van der Waals surface area contributed by atoms with Crippen LogP contribution in [0.3, 0.4) is 0 Å². The van der Waals surface area contributed by atoms with Crippen molar-refractivity contribution in [2.45, 2.75) is 20.0 Å². The number of aromatic amines is 1. The molecule has 34 heavy (non-hydrogen) atoms. The van der Waals surface area contributed by atoms with E-state index >= 15 is 0 Å². The van der Waals surface area contributed by atoms with E-state index in [2.05, 4.69) is 25.6 Å². The number of halogens is 4. The van der Waals surface area contributed by atoms with E-state index in [1.165, 1.54) is 30.6 Å². The Bertz CT molecular complexity index is 1300. The van der Waals surface area contributed by atoms with Gasteiger partial charge in [0.1, 0.15) is 0 Å². The molecule has 3 rings (SSSR count). The normalized spacial score (nSPS) is 10.6. The Labute approximate surface area is 197 Å². The van der Waals surface area contributed by atoms with Gasteiger partial charge in [-0.05, 0) is 38.1 Å². The van der Waals surface area contributed by atoms with E-state index in [4.69, 9.17) is 10.00 Å². The number of aromatic nitrogens is 3. The molecule has 0 spiro atoms. The van der Waals surface area contributed by atoms with Crippen LogP contribution in [-0.2, 0) is 6.18 Å². The van der Waals surface area contributed by atoms with Crippen LogP contribution in [0.1, 0.15) is 23.7 Å². The Kier molecular flexibility index (Phi) is 8.21. The minimum absolute atomic E-state index is 0. The number of nitrogens with one attached hydrogen (secondary N) is 3. The van der Waals surface area contributed by atoms with Crippen molar-refractivity contribution in [1.82, 2.24) is 15.0 Å². The zero-order valence-electron chi connectivity index (χ0n) is 17.8. The van der Waals surface area contributed by atoms with Crippen molar-refractivity contribution in [3.05, 3.63) is 63.8 Å². The summed E-state index contributed by atoms with van der Waals surface area (Å²) in [6.45, 7) is 3.63. The Hall–Kier alpha value is -4.11. The fourth-order valence-corrected chi connectivity index (χ4v) is 2.82. The molecule has 3 aromatic rings. The van der Waals surface area contributed by atoms with Crippen molar-refractivity contribution in [3.8, 4) is 23.2 Å². The average molecular weight is 495 g/mol. The van der Waals surface area contributed by atoms with Crippen LogP contribution in [0.4, 0.5) is 29.3 Å². The number of ether oxygens (including phenoxy) is 1. The van der Waals surface area contributed by atoms with Gasteiger partial charge < -0.3 is 20.4 Å². The standard InChI is InChI=1S/C21H17F3N6O3.ClH/c1-3-33-17-6-13(9-27-19(17)31)18-26-10-16(11(2)28-18)30-20(32)29-14-5-4-12(8-25)15(7-14)21(22,23)24;/h4-7,9-10H,3H2,1-2H3,(H,27,31)(H2,29,30,32);1H. The number of hydrogen-bond donors (Lipinski definition) is 3. The first-order valence-electron chi connectivity index (χ1n) is 9.51. The van der Waals surface area contributed by atoms with E-state index in [1.54, 1.807) is 13.8 Å². The van der Waals surface area contributed by atoms with Crippen molar-refractivity contribution in [2.24, 2.45) is 0 Å². The number of amides is 2. The van der Waals surface area contributed by atoms with Crippen molar-refractivity contribution in [1.29, 1.82) is 5.26 Å². The topological polar surface area (TPSA) is 133 Å².